The highest BCUT2D eigenvalue weighted by atomic mass is 32.1. The Morgan fingerprint density at radius 3 is 2.46 bits per heavy atom. The summed E-state index contributed by atoms with van der Waals surface area (Å²) in [6.07, 6.45) is 0. The molecule has 2 aromatic rings. The van der Waals surface area contributed by atoms with E-state index in [2.05, 4.69) is 32.5 Å². The van der Waals surface area contributed by atoms with Crippen LogP contribution in [0.4, 0.5) is 0 Å². The van der Waals surface area contributed by atoms with E-state index in [1.165, 1.54) is 5.56 Å². The van der Waals surface area contributed by atoms with Crippen LogP contribution in [0.2, 0.25) is 0 Å². The van der Waals surface area contributed by atoms with Crippen LogP contribution < -0.4 is 10.6 Å². The molecule has 0 unspecified atom stereocenters. The second kappa shape index (κ2) is 9.08. The molecule has 2 N–H and O–H groups in total. The molecule has 0 aliphatic carbocycles. The van der Waals surface area contributed by atoms with Crippen LogP contribution in [0, 0.1) is 0 Å². The second-order valence-electron chi connectivity index (χ2n) is 5.58. The van der Waals surface area contributed by atoms with Gasteiger partial charge in [0.2, 0.25) is 0 Å². The Bertz CT molecular complexity index is 663. The van der Waals surface area contributed by atoms with Crippen LogP contribution in [0.15, 0.2) is 46.1 Å². The standard InChI is InChI=1S/C18H24N4OS/c1-4-19-18(21-12-15-9-10-24-13-15)20-11-14-5-7-16(8-6-14)17(23)22(2)3/h5-10,13H,4,11-12H2,1-3H3,(H2,19,20,21). The molecular formula is C18H24N4OS. The average Bonchev–Trinajstić information content (AvgIpc) is 3.10. The number of rotatable bonds is 6. The van der Waals surface area contributed by atoms with Gasteiger partial charge in [-0.3, -0.25) is 4.79 Å². The quantitative estimate of drug-likeness (QED) is 0.626. The highest BCUT2D eigenvalue weighted by Crippen LogP contribution is 2.08. The molecule has 5 nitrogen and oxygen atoms in total. The highest BCUT2D eigenvalue weighted by Gasteiger charge is 2.07. The summed E-state index contributed by atoms with van der Waals surface area (Å²) in [5, 5.41) is 10.7. The molecule has 0 spiro atoms. The third kappa shape index (κ3) is 5.38. The summed E-state index contributed by atoms with van der Waals surface area (Å²) in [6, 6.07) is 9.72. The van der Waals surface area contributed by atoms with Crippen molar-refractivity contribution in [1.29, 1.82) is 0 Å². The van der Waals surface area contributed by atoms with Crippen LogP contribution in [0.25, 0.3) is 0 Å². The van der Waals surface area contributed by atoms with Gasteiger partial charge in [0.25, 0.3) is 5.91 Å². The average molecular weight is 344 g/mol. The van der Waals surface area contributed by atoms with Gasteiger partial charge in [-0.1, -0.05) is 12.1 Å². The smallest absolute Gasteiger partial charge is 0.253 e. The first kappa shape index (κ1) is 18.0. The van der Waals surface area contributed by atoms with E-state index in [4.69, 9.17) is 0 Å². The fourth-order valence-electron chi connectivity index (χ4n) is 2.10. The number of nitrogens with zero attached hydrogens (tertiary/aromatic N) is 2. The number of carbonyl (C=O) groups excluding carboxylic acids is 1. The lowest BCUT2D eigenvalue weighted by Gasteiger charge is -2.12. The lowest BCUT2D eigenvalue weighted by atomic mass is 10.1. The van der Waals surface area contributed by atoms with E-state index in [1.54, 1.807) is 30.3 Å². The van der Waals surface area contributed by atoms with Gasteiger partial charge in [0.05, 0.1) is 6.54 Å². The Labute approximate surface area is 147 Å². The fraction of sp³-hybridized carbons (Fsp3) is 0.333. The first-order valence-electron chi connectivity index (χ1n) is 7.94. The molecule has 128 valence electrons. The molecule has 0 saturated carbocycles. The van der Waals surface area contributed by atoms with Crippen molar-refractivity contribution in [1.82, 2.24) is 15.5 Å². The molecule has 1 heterocycles. The molecule has 0 aliphatic heterocycles. The van der Waals surface area contributed by atoms with Crippen molar-refractivity contribution in [2.24, 2.45) is 4.99 Å². The van der Waals surface area contributed by atoms with Gasteiger partial charge < -0.3 is 15.5 Å². The predicted molar refractivity (Wildman–Crippen MR) is 100 cm³/mol. The first-order valence-corrected chi connectivity index (χ1v) is 8.88. The minimum absolute atomic E-state index is 0.0140. The molecule has 1 aromatic carbocycles. The van der Waals surface area contributed by atoms with Crippen LogP contribution in [-0.2, 0) is 13.1 Å². The number of carbonyl (C=O) groups is 1. The summed E-state index contributed by atoms with van der Waals surface area (Å²) < 4.78 is 0. The zero-order valence-corrected chi connectivity index (χ0v) is 15.2. The van der Waals surface area contributed by atoms with Gasteiger partial charge in [-0.05, 0) is 47.0 Å². The number of benzene rings is 1. The van der Waals surface area contributed by atoms with Gasteiger partial charge in [0.15, 0.2) is 5.96 Å². The number of hydrogen-bond donors (Lipinski definition) is 2. The van der Waals surface area contributed by atoms with E-state index >= 15 is 0 Å². The summed E-state index contributed by atoms with van der Waals surface area (Å²) in [4.78, 5) is 18.0. The van der Waals surface area contributed by atoms with Crippen molar-refractivity contribution < 1.29 is 4.79 Å². The van der Waals surface area contributed by atoms with Crippen LogP contribution in [-0.4, -0.2) is 37.4 Å². The van der Waals surface area contributed by atoms with Crippen LogP contribution in [0.1, 0.15) is 28.4 Å². The molecule has 24 heavy (non-hydrogen) atoms. The number of thiophene rings is 1. The molecule has 0 saturated heterocycles. The summed E-state index contributed by atoms with van der Waals surface area (Å²) in [6.45, 7) is 4.18. The summed E-state index contributed by atoms with van der Waals surface area (Å²) in [5.74, 6) is 0.803. The van der Waals surface area contributed by atoms with Gasteiger partial charge in [-0.25, -0.2) is 4.99 Å². The Balaban J connectivity index is 1.93. The minimum Gasteiger partial charge on any atom is -0.357 e. The van der Waals surface area contributed by atoms with E-state index in [0.29, 0.717) is 18.7 Å². The van der Waals surface area contributed by atoms with Crippen molar-refractivity contribution in [2.45, 2.75) is 20.0 Å². The lowest BCUT2D eigenvalue weighted by molar-refractivity contribution is 0.0827. The normalized spacial score (nSPS) is 11.2. The summed E-state index contributed by atoms with van der Waals surface area (Å²) >= 11 is 1.68. The van der Waals surface area contributed by atoms with E-state index in [1.807, 2.05) is 31.2 Å². The molecule has 6 heteroatoms. The SMILES string of the molecule is CCNC(=NCc1ccsc1)NCc1ccc(C(=O)N(C)C)cc1. The van der Waals surface area contributed by atoms with E-state index in [0.717, 1.165) is 18.1 Å². The van der Waals surface area contributed by atoms with Gasteiger partial charge in [-0.2, -0.15) is 11.3 Å². The summed E-state index contributed by atoms with van der Waals surface area (Å²) in [7, 11) is 3.51. The minimum atomic E-state index is 0.0140. The molecule has 0 atom stereocenters. The van der Waals surface area contributed by atoms with Gasteiger partial charge in [0.1, 0.15) is 0 Å². The number of aliphatic imine (C=N–C) groups is 1. The largest absolute Gasteiger partial charge is 0.357 e. The topological polar surface area (TPSA) is 56.7 Å². The van der Waals surface area contributed by atoms with E-state index in [9.17, 15) is 4.79 Å². The van der Waals surface area contributed by atoms with Crippen LogP contribution in [0.3, 0.4) is 0 Å². The van der Waals surface area contributed by atoms with Crippen molar-refractivity contribution in [3.63, 3.8) is 0 Å². The molecule has 1 amide bonds. The van der Waals surface area contributed by atoms with Gasteiger partial charge in [0, 0.05) is 32.7 Å². The molecule has 0 aliphatic rings. The van der Waals surface area contributed by atoms with Crippen molar-refractivity contribution in [3.05, 3.63) is 57.8 Å². The molecule has 1 aromatic heterocycles. The monoisotopic (exact) mass is 344 g/mol. The Morgan fingerprint density at radius 1 is 1.12 bits per heavy atom. The van der Waals surface area contributed by atoms with Crippen LogP contribution >= 0.6 is 11.3 Å². The molecule has 0 fully saturated rings. The Kier molecular flexibility index (Phi) is 6.81. The maximum absolute atomic E-state index is 11.9. The Morgan fingerprint density at radius 2 is 1.88 bits per heavy atom. The molecule has 0 bridgehead atoms. The lowest BCUT2D eigenvalue weighted by Crippen LogP contribution is -2.36. The zero-order valence-electron chi connectivity index (χ0n) is 14.4. The van der Waals surface area contributed by atoms with Gasteiger partial charge in [-0.15, -0.1) is 0 Å². The third-order valence-corrected chi connectivity index (χ3v) is 4.14. The zero-order chi connectivity index (χ0) is 17.4. The predicted octanol–water partition coefficient (Wildman–Crippen LogP) is 2.71. The maximum Gasteiger partial charge on any atom is 0.253 e. The van der Waals surface area contributed by atoms with Crippen molar-refractivity contribution in [3.8, 4) is 0 Å². The van der Waals surface area contributed by atoms with Gasteiger partial charge >= 0.3 is 0 Å². The fourth-order valence-corrected chi connectivity index (χ4v) is 2.76. The maximum atomic E-state index is 11.9. The van der Waals surface area contributed by atoms with Crippen LogP contribution in [0.5, 0.6) is 0 Å². The van der Waals surface area contributed by atoms with E-state index < -0.39 is 0 Å². The number of nitrogens with one attached hydrogen (secondary N) is 2. The number of amides is 1. The number of hydrogen-bond acceptors (Lipinski definition) is 3. The summed E-state index contributed by atoms with van der Waals surface area (Å²) in [5.41, 5.74) is 3.01. The van der Waals surface area contributed by atoms with Crippen molar-refractivity contribution >= 4 is 23.2 Å². The Hall–Kier alpha value is -2.34. The van der Waals surface area contributed by atoms with Crippen molar-refractivity contribution in [2.75, 3.05) is 20.6 Å². The molecule has 0 radical (unpaired) electrons. The first-order chi connectivity index (χ1) is 11.6. The molecule has 2 rings (SSSR count). The highest BCUT2D eigenvalue weighted by molar-refractivity contribution is 7.07. The third-order valence-electron chi connectivity index (χ3n) is 3.41. The molecular weight excluding hydrogens is 320 g/mol. The second-order valence-corrected chi connectivity index (χ2v) is 6.36. The number of guanidine groups is 1. The van der Waals surface area contributed by atoms with E-state index in [-0.39, 0.29) is 5.91 Å².